The summed E-state index contributed by atoms with van der Waals surface area (Å²) in [6.07, 6.45) is 3.43. The molecule has 1 unspecified atom stereocenters. The Balaban J connectivity index is 2.44. The van der Waals surface area contributed by atoms with Crippen molar-refractivity contribution in [3.05, 3.63) is 34.3 Å². The van der Waals surface area contributed by atoms with E-state index in [4.69, 9.17) is 5.84 Å². The second-order valence-corrected chi connectivity index (χ2v) is 7.64. The Bertz CT molecular complexity index is 459. The molecule has 1 aromatic rings. The minimum atomic E-state index is -2.88. The van der Waals surface area contributed by atoms with Gasteiger partial charge in [-0.05, 0) is 37.0 Å². The first-order chi connectivity index (χ1) is 8.40. The summed E-state index contributed by atoms with van der Waals surface area (Å²) in [7, 11) is -2.88. The van der Waals surface area contributed by atoms with Crippen LogP contribution in [0.5, 0.6) is 0 Å². The van der Waals surface area contributed by atoms with E-state index in [0.717, 1.165) is 17.3 Å². The van der Waals surface area contributed by atoms with Gasteiger partial charge >= 0.3 is 0 Å². The number of hydrazine groups is 1. The SMILES string of the molecule is CS(=O)(=O)CCCC(Cc1ccc(Br)cc1)NN. The quantitative estimate of drug-likeness (QED) is 0.587. The molecule has 0 spiro atoms. The largest absolute Gasteiger partial charge is 0.271 e. The van der Waals surface area contributed by atoms with E-state index in [1.807, 2.05) is 24.3 Å². The van der Waals surface area contributed by atoms with Crippen molar-refractivity contribution in [2.45, 2.75) is 25.3 Å². The van der Waals surface area contributed by atoms with Crippen molar-refractivity contribution in [2.75, 3.05) is 12.0 Å². The third-order valence-corrected chi connectivity index (χ3v) is 4.26. The summed E-state index contributed by atoms with van der Waals surface area (Å²) in [5, 5.41) is 0. The number of nitrogens with one attached hydrogen (secondary N) is 1. The molecule has 4 nitrogen and oxygen atoms in total. The smallest absolute Gasteiger partial charge is 0.147 e. The average Bonchev–Trinajstić information content (AvgIpc) is 2.29. The van der Waals surface area contributed by atoms with Crippen LogP contribution in [0.2, 0.25) is 0 Å². The molecule has 0 aliphatic heterocycles. The molecule has 18 heavy (non-hydrogen) atoms. The van der Waals surface area contributed by atoms with E-state index in [9.17, 15) is 8.42 Å². The van der Waals surface area contributed by atoms with E-state index in [0.29, 0.717) is 6.42 Å². The molecule has 0 fully saturated rings. The molecule has 0 radical (unpaired) electrons. The van der Waals surface area contributed by atoms with Crippen molar-refractivity contribution in [3.63, 3.8) is 0 Å². The van der Waals surface area contributed by atoms with Crippen molar-refractivity contribution in [3.8, 4) is 0 Å². The van der Waals surface area contributed by atoms with Crippen LogP contribution < -0.4 is 11.3 Å². The second kappa shape index (κ2) is 7.23. The summed E-state index contributed by atoms with van der Waals surface area (Å²) in [4.78, 5) is 0. The van der Waals surface area contributed by atoms with Gasteiger partial charge < -0.3 is 0 Å². The second-order valence-electron chi connectivity index (χ2n) is 4.47. The van der Waals surface area contributed by atoms with E-state index < -0.39 is 9.84 Å². The fourth-order valence-electron chi connectivity index (χ4n) is 1.74. The van der Waals surface area contributed by atoms with Crippen LogP contribution in [0.25, 0.3) is 0 Å². The van der Waals surface area contributed by atoms with Crippen LogP contribution in [0.4, 0.5) is 0 Å². The number of nitrogens with two attached hydrogens (primary N) is 1. The highest BCUT2D eigenvalue weighted by Crippen LogP contribution is 2.13. The molecule has 3 N–H and O–H groups in total. The Morgan fingerprint density at radius 1 is 1.33 bits per heavy atom. The van der Waals surface area contributed by atoms with Crippen LogP contribution >= 0.6 is 15.9 Å². The van der Waals surface area contributed by atoms with Gasteiger partial charge in [0.1, 0.15) is 9.84 Å². The summed E-state index contributed by atoms with van der Waals surface area (Å²) in [6, 6.07) is 8.14. The van der Waals surface area contributed by atoms with Crippen molar-refractivity contribution < 1.29 is 8.42 Å². The first kappa shape index (κ1) is 15.6. The molecular weight excluding hydrogens is 316 g/mol. The zero-order valence-corrected chi connectivity index (χ0v) is 12.8. The van der Waals surface area contributed by atoms with Crippen molar-refractivity contribution in [1.82, 2.24) is 5.43 Å². The molecule has 0 bridgehead atoms. The maximum Gasteiger partial charge on any atom is 0.147 e. The van der Waals surface area contributed by atoms with Gasteiger partial charge in [-0.15, -0.1) is 0 Å². The summed E-state index contributed by atoms with van der Waals surface area (Å²) in [5.41, 5.74) is 3.93. The van der Waals surface area contributed by atoms with Crippen LogP contribution in [-0.4, -0.2) is 26.5 Å². The van der Waals surface area contributed by atoms with Gasteiger partial charge in [-0.1, -0.05) is 28.1 Å². The molecule has 0 saturated carbocycles. The van der Waals surface area contributed by atoms with Crippen LogP contribution in [0.3, 0.4) is 0 Å². The third-order valence-electron chi connectivity index (χ3n) is 2.70. The van der Waals surface area contributed by atoms with E-state index in [1.54, 1.807) is 0 Å². The normalized spacial score (nSPS) is 13.5. The van der Waals surface area contributed by atoms with E-state index in [-0.39, 0.29) is 11.8 Å². The van der Waals surface area contributed by atoms with Crippen molar-refractivity contribution in [2.24, 2.45) is 5.84 Å². The predicted molar refractivity (Wildman–Crippen MR) is 77.9 cm³/mol. The number of sulfone groups is 1. The molecule has 0 aliphatic rings. The molecule has 1 aromatic carbocycles. The molecule has 6 heteroatoms. The highest BCUT2D eigenvalue weighted by Gasteiger charge is 2.10. The lowest BCUT2D eigenvalue weighted by molar-refractivity contribution is 0.485. The number of halogens is 1. The Labute approximate surface area is 117 Å². The molecule has 1 rings (SSSR count). The Hall–Kier alpha value is -0.430. The first-order valence-electron chi connectivity index (χ1n) is 5.79. The van der Waals surface area contributed by atoms with Gasteiger partial charge in [-0.25, -0.2) is 8.42 Å². The highest BCUT2D eigenvalue weighted by atomic mass is 79.9. The summed E-state index contributed by atoms with van der Waals surface area (Å²) in [6.45, 7) is 0. The zero-order valence-electron chi connectivity index (χ0n) is 10.4. The fourth-order valence-corrected chi connectivity index (χ4v) is 2.70. The van der Waals surface area contributed by atoms with Gasteiger partial charge in [0.15, 0.2) is 0 Å². The van der Waals surface area contributed by atoms with Gasteiger partial charge in [0.2, 0.25) is 0 Å². The summed E-state index contributed by atoms with van der Waals surface area (Å²) >= 11 is 3.39. The molecule has 0 amide bonds. The predicted octanol–water partition coefficient (Wildman–Crippen LogP) is 1.65. The Morgan fingerprint density at radius 3 is 2.44 bits per heavy atom. The molecule has 0 saturated heterocycles. The number of hydrogen-bond acceptors (Lipinski definition) is 4. The fraction of sp³-hybridized carbons (Fsp3) is 0.500. The molecule has 0 aromatic heterocycles. The Kier molecular flexibility index (Phi) is 6.28. The van der Waals surface area contributed by atoms with Gasteiger partial charge in [0.05, 0.1) is 0 Å². The number of benzene rings is 1. The summed E-state index contributed by atoms with van der Waals surface area (Å²) in [5.74, 6) is 5.71. The number of hydrogen-bond donors (Lipinski definition) is 2. The highest BCUT2D eigenvalue weighted by molar-refractivity contribution is 9.10. The van der Waals surface area contributed by atoms with Gasteiger partial charge in [-0.2, -0.15) is 0 Å². The maximum atomic E-state index is 11.0. The zero-order chi connectivity index (χ0) is 13.6. The molecule has 1 atom stereocenters. The van der Waals surface area contributed by atoms with Gasteiger partial charge in [0.25, 0.3) is 0 Å². The van der Waals surface area contributed by atoms with Crippen LogP contribution in [0, 0.1) is 0 Å². The Morgan fingerprint density at radius 2 is 1.94 bits per heavy atom. The number of rotatable bonds is 7. The lowest BCUT2D eigenvalue weighted by Crippen LogP contribution is -2.37. The van der Waals surface area contributed by atoms with Crippen LogP contribution in [0.15, 0.2) is 28.7 Å². The lowest BCUT2D eigenvalue weighted by Gasteiger charge is -2.15. The standard InChI is InChI=1S/C12H19BrN2O2S/c1-18(16,17)8-2-3-12(15-14)9-10-4-6-11(13)7-5-10/h4-7,12,15H,2-3,8-9,14H2,1H3. The van der Waals surface area contributed by atoms with Crippen LogP contribution in [-0.2, 0) is 16.3 Å². The third kappa shape index (κ3) is 6.49. The van der Waals surface area contributed by atoms with Crippen molar-refractivity contribution in [1.29, 1.82) is 0 Å². The minimum Gasteiger partial charge on any atom is -0.271 e. The van der Waals surface area contributed by atoms with Gasteiger partial charge in [-0.3, -0.25) is 11.3 Å². The minimum absolute atomic E-state index is 0.105. The molecular formula is C12H19BrN2O2S. The lowest BCUT2D eigenvalue weighted by atomic mass is 10.0. The maximum absolute atomic E-state index is 11.0. The molecule has 0 aliphatic carbocycles. The first-order valence-corrected chi connectivity index (χ1v) is 8.64. The monoisotopic (exact) mass is 334 g/mol. The molecule has 0 heterocycles. The topological polar surface area (TPSA) is 72.2 Å². The van der Waals surface area contributed by atoms with Crippen molar-refractivity contribution >= 4 is 25.8 Å². The summed E-state index contributed by atoms with van der Waals surface area (Å²) < 4.78 is 23.1. The van der Waals surface area contributed by atoms with E-state index >= 15 is 0 Å². The van der Waals surface area contributed by atoms with Gasteiger partial charge in [0, 0.05) is 22.5 Å². The van der Waals surface area contributed by atoms with E-state index in [2.05, 4.69) is 21.4 Å². The average molecular weight is 335 g/mol. The van der Waals surface area contributed by atoms with E-state index in [1.165, 1.54) is 11.8 Å². The molecule has 102 valence electrons. The van der Waals surface area contributed by atoms with Crippen LogP contribution in [0.1, 0.15) is 18.4 Å².